The van der Waals surface area contributed by atoms with Crippen LogP contribution in [-0.2, 0) is 0 Å². The van der Waals surface area contributed by atoms with E-state index < -0.39 is 0 Å². The van der Waals surface area contributed by atoms with Crippen molar-refractivity contribution in [3.8, 4) is 0 Å². The second kappa shape index (κ2) is 5.45. The average molecular weight is 249 g/mol. The molecule has 1 saturated heterocycles. The molecular formula is C15H23NS. The highest BCUT2D eigenvalue weighted by molar-refractivity contribution is 8.00. The fourth-order valence-corrected chi connectivity index (χ4v) is 3.69. The van der Waals surface area contributed by atoms with Crippen LogP contribution in [-0.4, -0.2) is 23.4 Å². The monoisotopic (exact) mass is 249 g/mol. The lowest BCUT2D eigenvalue weighted by molar-refractivity contribution is 0.197. The van der Waals surface area contributed by atoms with Crippen molar-refractivity contribution < 1.29 is 0 Å². The lowest BCUT2D eigenvalue weighted by Gasteiger charge is -2.37. The number of likely N-dealkylation sites (tertiary alicyclic amines) is 1. The highest BCUT2D eigenvalue weighted by Gasteiger charge is 2.32. The van der Waals surface area contributed by atoms with Gasteiger partial charge in [0.1, 0.15) is 0 Å². The maximum atomic E-state index is 2.65. The van der Waals surface area contributed by atoms with Gasteiger partial charge in [-0.2, -0.15) is 0 Å². The van der Waals surface area contributed by atoms with Crippen molar-refractivity contribution >= 4 is 11.8 Å². The van der Waals surface area contributed by atoms with Crippen LogP contribution < -0.4 is 0 Å². The van der Waals surface area contributed by atoms with Crippen molar-refractivity contribution in [1.82, 2.24) is 4.90 Å². The summed E-state index contributed by atoms with van der Waals surface area (Å²) in [6.07, 6.45) is 2.73. The van der Waals surface area contributed by atoms with E-state index in [1.807, 2.05) is 11.8 Å². The zero-order valence-electron chi connectivity index (χ0n) is 11.1. The zero-order valence-corrected chi connectivity index (χ0v) is 12.0. The molecule has 0 saturated carbocycles. The van der Waals surface area contributed by atoms with E-state index in [1.165, 1.54) is 30.8 Å². The molecule has 17 heavy (non-hydrogen) atoms. The minimum atomic E-state index is 0.324. The summed E-state index contributed by atoms with van der Waals surface area (Å²) in [5.74, 6) is 0. The number of hydrogen-bond acceptors (Lipinski definition) is 2. The van der Waals surface area contributed by atoms with Gasteiger partial charge in [-0.15, -0.1) is 11.8 Å². The highest BCUT2D eigenvalue weighted by atomic mass is 32.2. The minimum Gasteiger partial charge on any atom is -0.291 e. The van der Waals surface area contributed by atoms with E-state index in [1.54, 1.807) is 0 Å². The quantitative estimate of drug-likeness (QED) is 0.737. The Balaban J connectivity index is 2.11. The zero-order chi connectivity index (χ0) is 12.3. The van der Waals surface area contributed by atoms with Crippen LogP contribution in [0.4, 0.5) is 0 Å². The summed E-state index contributed by atoms with van der Waals surface area (Å²) in [7, 11) is 0. The molecule has 1 nitrogen and oxygen atoms in total. The molecule has 0 aliphatic carbocycles. The molecule has 0 spiro atoms. The van der Waals surface area contributed by atoms with Crippen molar-refractivity contribution in [3.05, 3.63) is 30.3 Å². The molecule has 1 aromatic rings. The molecule has 1 heterocycles. The maximum absolute atomic E-state index is 2.65. The van der Waals surface area contributed by atoms with E-state index in [9.17, 15) is 0 Å². The summed E-state index contributed by atoms with van der Waals surface area (Å²) in [6.45, 7) is 9.59. The van der Waals surface area contributed by atoms with Crippen molar-refractivity contribution in [2.45, 2.75) is 43.9 Å². The molecule has 0 bridgehead atoms. The van der Waals surface area contributed by atoms with Crippen LogP contribution in [0.2, 0.25) is 0 Å². The maximum Gasteiger partial charge on any atom is 0.0653 e. The topological polar surface area (TPSA) is 3.24 Å². The van der Waals surface area contributed by atoms with Gasteiger partial charge in [0.2, 0.25) is 0 Å². The largest absolute Gasteiger partial charge is 0.291 e. The molecular weight excluding hydrogens is 226 g/mol. The molecule has 1 unspecified atom stereocenters. The molecule has 0 radical (unpaired) electrons. The van der Waals surface area contributed by atoms with Crippen molar-refractivity contribution in [2.24, 2.45) is 5.41 Å². The predicted molar refractivity (Wildman–Crippen MR) is 76.3 cm³/mol. The van der Waals surface area contributed by atoms with E-state index in [0.29, 0.717) is 10.8 Å². The van der Waals surface area contributed by atoms with E-state index in [0.717, 1.165) is 0 Å². The summed E-state index contributed by atoms with van der Waals surface area (Å²) in [5.41, 5.74) is 0.324. The van der Waals surface area contributed by atoms with Gasteiger partial charge in [0.05, 0.1) is 5.37 Å². The fraction of sp³-hybridized carbons (Fsp3) is 0.600. The Kier molecular flexibility index (Phi) is 4.16. The van der Waals surface area contributed by atoms with Gasteiger partial charge in [-0.25, -0.2) is 0 Å². The summed E-state index contributed by atoms with van der Waals surface area (Å²) >= 11 is 2.02. The van der Waals surface area contributed by atoms with Crippen molar-refractivity contribution in [3.63, 3.8) is 0 Å². The molecule has 1 aromatic carbocycles. The number of hydrogen-bond donors (Lipinski definition) is 0. The fourth-order valence-electron chi connectivity index (χ4n) is 2.40. The highest BCUT2D eigenvalue weighted by Crippen LogP contribution is 2.38. The summed E-state index contributed by atoms with van der Waals surface area (Å²) in [6, 6.07) is 10.8. The van der Waals surface area contributed by atoms with E-state index in [4.69, 9.17) is 0 Å². The van der Waals surface area contributed by atoms with Crippen LogP contribution >= 0.6 is 11.8 Å². The van der Waals surface area contributed by atoms with Gasteiger partial charge in [0, 0.05) is 4.90 Å². The molecule has 1 aliphatic rings. The second-order valence-electron chi connectivity index (χ2n) is 5.89. The van der Waals surface area contributed by atoms with Crippen LogP contribution in [0.5, 0.6) is 0 Å². The lowest BCUT2D eigenvalue weighted by Crippen LogP contribution is -2.39. The molecule has 2 heteroatoms. The van der Waals surface area contributed by atoms with Gasteiger partial charge in [0.15, 0.2) is 0 Å². The first-order chi connectivity index (χ1) is 8.07. The standard InChI is InChI=1S/C15H23NS/c1-15(2,3)14(16-11-7-8-12-16)17-13-9-5-4-6-10-13/h4-6,9-10,14H,7-8,11-12H2,1-3H3. The molecule has 0 amide bonds. The van der Waals surface area contributed by atoms with Gasteiger partial charge in [0.25, 0.3) is 0 Å². The Labute approximate surface area is 110 Å². The van der Waals surface area contributed by atoms with Crippen LogP contribution in [0.1, 0.15) is 33.6 Å². The molecule has 94 valence electrons. The Bertz CT molecular complexity index is 336. The van der Waals surface area contributed by atoms with Crippen molar-refractivity contribution in [1.29, 1.82) is 0 Å². The third-order valence-corrected chi connectivity index (χ3v) is 4.98. The molecule has 1 atom stereocenters. The third kappa shape index (κ3) is 3.49. The first-order valence-electron chi connectivity index (χ1n) is 6.53. The van der Waals surface area contributed by atoms with Gasteiger partial charge in [-0.3, -0.25) is 4.90 Å². The Morgan fingerprint density at radius 2 is 1.65 bits per heavy atom. The average Bonchev–Trinajstić information content (AvgIpc) is 2.79. The van der Waals surface area contributed by atoms with Crippen LogP contribution in [0.3, 0.4) is 0 Å². The van der Waals surface area contributed by atoms with Gasteiger partial charge >= 0.3 is 0 Å². The van der Waals surface area contributed by atoms with Crippen LogP contribution in [0.25, 0.3) is 0 Å². The van der Waals surface area contributed by atoms with E-state index in [-0.39, 0.29) is 0 Å². The molecule has 0 N–H and O–H groups in total. The Morgan fingerprint density at radius 1 is 1.06 bits per heavy atom. The Hall–Kier alpha value is -0.470. The van der Waals surface area contributed by atoms with E-state index >= 15 is 0 Å². The van der Waals surface area contributed by atoms with Crippen LogP contribution in [0, 0.1) is 5.41 Å². The van der Waals surface area contributed by atoms with Crippen molar-refractivity contribution in [2.75, 3.05) is 13.1 Å². The Morgan fingerprint density at radius 3 is 2.18 bits per heavy atom. The predicted octanol–water partition coefficient (Wildman–Crippen LogP) is 4.25. The molecule has 1 aliphatic heterocycles. The second-order valence-corrected chi connectivity index (χ2v) is 7.05. The van der Waals surface area contributed by atoms with Gasteiger partial charge in [-0.1, -0.05) is 39.0 Å². The molecule has 0 aromatic heterocycles. The number of nitrogens with zero attached hydrogens (tertiary/aromatic N) is 1. The smallest absolute Gasteiger partial charge is 0.0653 e. The SMILES string of the molecule is CC(C)(C)C(Sc1ccccc1)N1CCCC1. The normalized spacial score (nSPS) is 19.5. The van der Waals surface area contributed by atoms with Gasteiger partial charge < -0.3 is 0 Å². The molecule has 2 rings (SSSR count). The minimum absolute atomic E-state index is 0.324. The third-order valence-electron chi connectivity index (χ3n) is 3.20. The summed E-state index contributed by atoms with van der Waals surface area (Å²) in [5, 5.41) is 0.590. The first-order valence-corrected chi connectivity index (χ1v) is 7.41. The summed E-state index contributed by atoms with van der Waals surface area (Å²) < 4.78 is 0. The van der Waals surface area contributed by atoms with Crippen LogP contribution in [0.15, 0.2) is 35.2 Å². The van der Waals surface area contributed by atoms with Gasteiger partial charge in [-0.05, 0) is 43.5 Å². The number of rotatable bonds is 3. The van der Waals surface area contributed by atoms with E-state index in [2.05, 4.69) is 56.0 Å². The first kappa shape index (κ1) is 13.0. The lowest BCUT2D eigenvalue weighted by atomic mass is 9.95. The number of benzene rings is 1. The summed E-state index contributed by atoms with van der Waals surface area (Å²) in [4.78, 5) is 4.04. The molecule has 1 fully saturated rings. The number of thioether (sulfide) groups is 1.